The number of nitrogens with zero attached hydrogens (tertiary/aromatic N) is 1. The van der Waals surface area contributed by atoms with Gasteiger partial charge in [-0.1, -0.05) is 13.0 Å². The quantitative estimate of drug-likeness (QED) is 0.825. The molecule has 0 aromatic heterocycles. The van der Waals surface area contributed by atoms with Crippen molar-refractivity contribution in [1.29, 1.82) is 0 Å². The minimum atomic E-state index is -0.140. The van der Waals surface area contributed by atoms with E-state index in [9.17, 15) is 4.39 Å². The maximum absolute atomic E-state index is 13.9. The fourth-order valence-corrected chi connectivity index (χ4v) is 2.02. The first-order valence-electron chi connectivity index (χ1n) is 6.41. The van der Waals surface area contributed by atoms with Crippen molar-refractivity contribution in [1.82, 2.24) is 0 Å². The van der Waals surface area contributed by atoms with Crippen molar-refractivity contribution in [3.63, 3.8) is 0 Å². The predicted molar refractivity (Wildman–Crippen MR) is 71.9 cm³/mol. The molecule has 0 radical (unpaired) electrons. The number of rotatable bonds is 6. The molecule has 0 aliphatic rings. The van der Waals surface area contributed by atoms with Crippen LogP contribution in [0.3, 0.4) is 0 Å². The minimum absolute atomic E-state index is 0.0289. The molecule has 1 atom stereocenters. The van der Waals surface area contributed by atoms with Crippen molar-refractivity contribution in [2.24, 2.45) is 5.73 Å². The highest BCUT2D eigenvalue weighted by Crippen LogP contribution is 2.24. The Morgan fingerprint density at radius 3 is 2.41 bits per heavy atom. The molecular weight excluding hydrogens is 215 g/mol. The average Bonchev–Trinajstić information content (AvgIpc) is 2.34. The lowest BCUT2D eigenvalue weighted by atomic mass is 10.0. The van der Waals surface area contributed by atoms with Gasteiger partial charge >= 0.3 is 0 Å². The Balaban J connectivity index is 3.07. The van der Waals surface area contributed by atoms with Crippen molar-refractivity contribution in [2.75, 3.05) is 18.0 Å². The molecule has 17 heavy (non-hydrogen) atoms. The molecule has 1 rings (SSSR count). The van der Waals surface area contributed by atoms with Gasteiger partial charge in [0, 0.05) is 30.4 Å². The monoisotopic (exact) mass is 238 g/mol. The van der Waals surface area contributed by atoms with Gasteiger partial charge in [0.25, 0.3) is 0 Å². The van der Waals surface area contributed by atoms with Crippen LogP contribution in [0.25, 0.3) is 0 Å². The lowest BCUT2D eigenvalue weighted by molar-refractivity contribution is 0.577. The molecule has 1 aromatic rings. The molecule has 3 heteroatoms. The Labute approximate surface area is 104 Å². The summed E-state index contributed by atoms with van der Waals surface area (Å²) < 4.78 is 13.9. The first-order chi connectivity index (χ1) is 8.13. The van der Waals surface area contributed by atoms with Gasteiger partial charge in [-0.05, 0) is 38.8 Å². The van der Waals surface area contributed by atoms with E-state index in [1.807, 2.05) is 13.0 Å². The zero-order chi connectivity index (χ0) is 12.8. The Morgan fingerprint density at radius 2 is 1.88 bits per heavy atom. The largest absolute Gasteiger partial charge is 0.372 e. The van der Waals surface area contributed by atoms with Gasteiger partial charge < -0.3 is 10.6 Å². The smallest absolute Gasteiger partial charge is 0.128 e. The lowest BCUT2D eigenvalue weighted by Gasteiger charge is -2.25. The number of benzene rings is 1. The van der Waals surface area contributed by atoms with Crippen molar-refractivity contribution in [3.05, 3.63) is 29.6 Å². The second-order valence-corrected chi connectivity index (χ2v) is 4.28. The summed E-state index contributed by atoms with van der Waals surface area (Å²) in [6, 6.07) is 5.30. The van der Waals surface area contributed by atoms with E-state index < -0.39 is 0 Å². The van der Waals surface area contributed by atoms with E-state index in [0.29, 0.717) is 6.42 Å². The van der Waals surface area contributed by atoms with Crippen molar-refractivity contribution in [3.8, 4) is 0 Å². The topological polar surface area (TPSA) is 29.3 Å². The Bertz CT molecular complexity index is 348. The van der Waals surface area contributed by atoms with Gasteiger partial charge in [-0.2, -0.15) is 0 Å². The van der Waals surface area contributed by atoms with E-state index in [-0.39, 0.29) is 11.9 Å². The van der Waals surface area contributed by atoms with E-state index in [1.165, 1.54) is 6.07 Å². The summed E-state index contributed by atoms with van der Waals surface area (Å²) >= 11 is 0. The molecule has 0 amide bonds. The lowest BCUT2D eigenvalue weighted by Crippen LogP contribution is -2.27. The Hall–Kier alpha value is -1.09. The second-order valence-electron chi connectivity index (χ2n) is 4.28. The maximum atomic E-state index is 13.9. The number of anilines is 1. The average molecular weight is 238 g/mol. The summed E-state index contributed by atoms with van der Waals surface area (Å²) in [5.41, 5.74) is 7.68. The molecular formula is C14H23FN2. The van der Waals surface area contributed by atoms with E-state index in [1.54, 1.807) is 6.07 Å². The first kappa shape index (κ1) is 14.0. The van der Waals surface area contributed by atoms with Crippen LogP contribution >= 0.6 is 0 Å². The molecule has 0 spiro atoms. The van der Waals surface area contributed by atoms with Gasteiger partial charge in [-0.3, -0.25) is 0 Å². The molecule has 0 saturated carbocycles. The fourth-order valence-electron chi connectivity index (χ4n) is 2.02. The molecule has 1 aromatic carbocycles. The summed E-state index contributed by atoms with van der Waals surface area (Å²) in [6.07, 6.45) is 1.47. The third-order valence-corrected chi connectivity index (χ3v) is 3.19. The molecule has 2 N–H and O–H groups in total. The van der Waals surface area contributed by atoms with E-state index in [2.05, 4.69) is 18.7 Å². The molecule has 2 nitrogen and oxygen atoms in total. The van der Waals surface area contributed by atoms with Gasteiger partial charge in [-0.25, -0.2) is 4.39 Å². The van der Waals surface area contributed by atoms with Gasteiger partial charge in [0.05, 0.1) is 0 Å². The summed E-state index contributed by atoms with van der Waals surface area (Å²) in [5, 5.41) is 0. The third-order valence-electron chi connectivity index (χ3n) is 3.19. The van der Waals surface area contributed by atoms with Crippen molar-refractivity contribution < 1.29 is 4.39 Å². The summed E-state index contributed by atoms with van der Waals surface area (Å²) in [7, 11) is 0. The number of halogens is 1. The van der Waals surface area contributed by atoms with Crippen molar-refractivity contribution >= 4 is 5.69 Å². The zero-order valence-corrected chi connectivity index (χ0v) is 11.0. The minimum Gasteiger partial charge on any atom is -0.372 e. The standard InChI is InChI=1S/C14H23FN2/c1-4-11(16)10-12-13(15)8-7-9-14(12)17(5-2)6-3/h7-9,11H,4-6,10,16H2,1-3H3. The van der Waals surface area contributed by atoms with Crippen LogP contribution in [0.5, 0.6) is 0 Å². The van der Waals surface area contributed by atoms with Crippen LogP contribution in [0.2, 0.25) is 0 Å². The maximum Gasteiger partial charge on any atom is 0.128 e. The molecule has 0 saturated heterocycles. The van der Waals surface area contributed by atoms with Crippen LogP contribution in [-0.2, 0) is 6.42 Å². The van der Waals surface area contributed by atoms with Crippen LogP contribution in [-0.4, -0.2) is 19.1 Å². The summed E-state index contributed by atoms with van der Waals surface area (Å²) in [4.78, 5) is 2.17. The van der Waals surface area contributed by atoms with E-state index in [0.717, 1.165) is 30.8 Å². The van der Waals surface area contributed by atoms with Gasteiger partial charge in [0.1, 0.15) is 5.82 Å². The first-order valence-corrected chi connectivity index (χ1v) is 6.41. The molecule has 0 aliphatic carbocycles. The molecule has 0 fully saturated rings. The van der Waals surface area contributed by atoms with Crippen LogP contribution in [0.15, 0.2) is 18.2 Å². The van der Waals surface area contributed by atoms with Gasteiger partial charge in [-0.15, -0.1) is 0 Å². The molecule has 1 unspecified atom stereocenters. The highest BCUT2D eigenvalue weighted by Gasteiger charge is 2.14. The molecule has 0 bridgehead atoms. The third kappa shape index (κ3) is 3.43. The summed E-state index contributed by atoms with van der Waals surface area (Å²) in [6.45, 7) is 7.96. The van der Waals surface area contributed by atoms with Crippen LogP contribution in [0.1, 0.15) is 32.8 Å². The second kappa shape index (κ2) is 6.60. The highest BCUT2D eigenvalue weighted by molar-refractivity contribution is 5.54. The zero-order valence-electron chi connectivity index (χ0n) is 11.0. The number of hydrogen-bond donors (Lipinski definition) is 1. The molecule has 96 valence electrons. The Morgan fingerprint density at radius 1 is 1.24 bits per heavy atom. The van der Waals surface area contributed by atoms with Crippen molar-refractivity contribution in [2.45, 2.75) is 39.7 Å². The van der Waals surface area contributed by atoms with Gasteiger partial charge in [0.15, 0.2) is 0 Å². The Kier molecular flexibility index (Phi) is 5.42. The SMILES string of the molecule is CCC(N)Cc1c(F)cccc1N(CC)CC. The van der Waals surface area contributed by atoms with E-state index in [4.69, 9.17) is 5.73 Å². The molecule has 0 heterocycles. The predicted octanol–water partition coefficient (Wildman–Crippen LogP) is 2.95. The highest BCUT2D eigenvalue weighted by atomic mass is 19.1. The molecule has 0 aliphatic heterocycles. The van der Waals surface area contributed by atoms with Crippen LogP contribution in [0.4, 0.5) is 10.1 Å². The van der Waals surface area contributed by atoms with E-state index >= 15 is 0 Å². The van der Waals surface area contributed by atoms with Crippen LogP contribution < -0.4 is 10.6 Å². The summed E-state index contributed by atoms with van der Waals surface area (Å²) in [5.74, 6) is -0.140. The fraction of sp³-hybridized carbons (Fsp3) is 0.571. The number of hydrogen-bond acceptors (Lipinski definition) is 2. The van der Waals surface area contributed by atoms with Crippen LogP contribution in [0, 0.1) is 5.82 Å². The number of nitrogens with two attached hydrogens (primary N) is 1. The van der Waals surface area contributed by atoms with Gasteiger partial charge in [0.2, 0.25) is 0 Å². The normalized spacial score (nSPS) is 12.5.